The van der Waals surface area contributed by atoms with Crippen LogP contribution < -0.4 is 17.2 Å². The van der Waals surface area contributed by atoms with Gasteiger partial charge in [-0.1, -0.05) is 12.2 Å². The second kappa shape index (κ2) is 7.70. The molecule has 2 atom stereocenters. The first-order chi connectivity index (χ1) is 6.67. The summed E-state index contributed by atoms with van der Waals surface area (Å²) in [6, 6.07) is 0. The lowest BCUT2D eigenvalue weighted by molar-refractivity contribution is 0.192. The van der Waals surface area contributed by atoms with Gasteiger partial charge in [-0.25, -0.2) is 0 Å². The molecule has 4 heteroatoms. The molecule has 0 fully saturated rings. The van der Waals surface area contributed by atoms with E-state index in [1.54, 1.807) is 12.2 Å². The van der Waals surface area contributed by atoms with Gasteiger partial charge in [0.2, 0.25) is 0 Å². The molecule has 0 aliphatic heterocycles. The standard InChI is InChI=1S/C10H22N4/c1-3-9(12)14(10(13)4-2)8-6-5-7-11/h3-4,9-10H,1-2,5-8,11-13H2. The Hall–Kier alpha value is -0.680. The van der Waals surface area contributed by atoms with Crippen LogP contribution in [-0.2, 0) is 0 Å². The first kappa shape index (κ1) is 13.3. The molecule has 0 aromatic carbocycles. The lowest BCUT2D eigenvalue weighted by atomic mass is 10.2. The van der Waals surface area contributed by atoms with E-state index in [1.807, 2.05) is 4.90 Å². The third-order valence-corrected chi connectivity index (χ3v) is 2.12. The minimum atomic E-state index is -0.222. The van der Waals surface area contributed by atoms with Gasteiger partial charge in [-0.15, -0.1) is 13.2 Å². The summed E-state index contributed by atoms with van der Waals surface area (Å²) in [4.78, 5) is 1.94. The third-order valence-electron chi connectivity index (χ3n) is 2.12. The van der Waals surface area contributed by atoms with Crippen molar-refractivity contribution in [2.45, 2.75) is 25.2 Å². The molecule has 0 heterocycles. The molecule has 0 aromatic rings. The molecule has 0 aliphatic rings. The van der Waals surface area contributed by atoms with Gasteiger partial charge in [-0.3, -0.25) is 4.90 Å². The van der Waals surface area contributed by atoms with Crippen LogP contribution in [0.5, 0.6) is 0 Å². The van der Waals surface area contributed by atoms with Gasteiger partial charge in [0.1, 0.15) is 0 Å². The molecule has 82 valence electrons. The summed E-state index contributed by atoms with van der Waals surface area (Å²) in [7, 11) is 0. The Morgan fingerprint density at radius 1 is 1.07 bits per heavy atom. The zero-order valence-corrected chi connectivity index (χ0v) is 8.73. The van der Waals surface area contributed by atoms with Crippen LogP contribution in [0, 0.1) is 0 Å². The molecule has 0 bridgehead atoms. The average Bonchev–Trinajstić information content (AvgIpc) is 2.22. The van der Waals surface area contributed by atoms with Crippen LogP contribution in [0.25, 0.3) is 0 Å². The van der Waals surface area contributed by atoms with Crippen molar-refractivity contribution in [1.29, 1.82) is 0 Å². The minimum Gasteiger partial charge on any atom is -0.330 e. The molecule has 0 aliphatic carbocycles. The van der Waals surface area contributed by atoms with Gasteiger partial charge in [-0.05, 0) is 19.4 Å². The lowest BCUT2D eigenvalue weighted by Crippen LogP contribution is -2.50. The van der Waals surface area contributed by atoms with E-state index in [0.29, 0.717) is 6.54 Å². The Balaban J connectivity index is 4.09. The summed E-state index contributed by atoms with van der Waals surface area (Å²) in [6.07, 6.45) is 4.86. The predicted octanol–water partition coefficient (Wildman–Crippen LogP) is -0.0311. The molecule has 6 N–H and O–H groups in total. The van der Waals surface area contributed by atoms with Crippen LogP contribution in [0.3, 0.4) is 0 Å². The molecule has 0 amide bonds. The predicted molar refractivity (Wildman–Crippen MR) is 61.3 cm³/mol. The van der Waals surface area contributed by atoms with Crippen LogP contribution in [0.1, 0.15) is 12.8 Å². The van der Waals surface area contributed by atoms with Crippen molar-refractivity contribution >= 4 is 0 Å². The highest BCUT2D eigenvalue weighted by molar-refractivity contribution is 4.91. The summed E-state index contributed by atoms with van der Waals surface area (Å²) in [5.74, 6) is 0. The summed E-state index contributed by atoms with van der Waals surface area (Å²) in [5, 5.41) is 0. The highest BCUT2D eigenvalue weighted by Crippen LogP contribution is 2.02. The van der Waals surface area contributed by atoms with Crippen molar-refractivity contribution < 1.29 is 0 Å². The fourth-order valence-corrected chi connectivity index (χ4v) is 1.21. The van der Waals surface area contributed by atoms with Crippen molar-refractivity contribution in [1.82, 2.24) is 4.90 Å². The molecule has 4 nitrogen and oxygen atoms in total. The van der Waals surface area contributed by atoms with Gasteiger partial charge in [0, 0.05) is 6.54 Å². The molecule has 0 rings (SSSR count). The minimum absolute atomic E-state index is 0.222. The Morgan fingerprint density at radius 3 is 1.93 bits per heavy atom. The molecule has 2 unspecified atom stereocenters. The van der Waals surface area contributed by atoms with Gasteiger partial charge in [0.15, 0.2) is 0 Å². The molecule has 14 heavy (non-hydrogen) atoms. The van der Waals surface area contributed by atoms with Crippen LogP contribution in [0.15, 0.2) is 25.3 Å². The Bertz CT molecular complexity index is 156. The largest absolute Gasteiger partial charge is 0.330 e. The van der Waals surface area contributed by atoms with Crippen LogP contribution in [-0.4, -0.2) is 30.3 Å². The molecule has 0 saturated carbocycles. The first-order valence-corrected chi connectivity index (χ1v) is 4.89. The van der Waals surface area contributed by atoms with Crippen LogP contribution >= 0.6 is 0 Å². The summed E-state index contributed by atoms with van der Waals surface area (Å²) >= 11 is 0. The Morgan fingerprint density at radius 2 is 1.57 bits per heavy atom. The second-order valence-corrected chi connectivity index (χ2v) is 3.19. The maximum Gasteiger partial charge on any atom is 0.0776 e. The van der Waals surface area contributed by atoms with E-state index in [2.05, 4.69) is 13.2 Å². The van der Waals surface area contributed by atoms with E-state index in [9.17, 15) is 0 Å². The third kappa shape index (κ3) is 4.53. The number of nitrogens with two attached hydrogens (primary N) is 3. The van der Waals surface area contributed by atoms with Crippen LogP contribution in [0.4, 0.5) is 0 Å². The van der Waals surface area contributed by atoms with E-state index >= 15 is 0 Å². The monoisotopic (exact) mass is 198 g/mol. The number of rotatable bonds is 8. The maximum absolute atomic E-state index is 5.82. The molecule has 0 radical (unpaired) electrons. The fraction of sp³-hybridized carbons (Fsp3) is 0.600. The molecule has 0 spiro atoms. The van der Waals surface area contributed by atoms with E-state index in [0.717, 1.165) is 19.4 Å². The van der Waals surface area contributed by atoms with Crippen molar-refractivity contribution in [3.8, 4) is 0 Å². The number of nitrogens with zero attached hydrogens (tertiary/aromatic N) is 1. The van der Waals surface area contributed by atoms with Crippen molar-refractivity contribution in [2.24, 2.45) is 17.2 Å². The van der Waals surface area contributed by atoms with Crippen molar-refractivity contribution in [3.63, 3.8) is 0 Å². The first-order valence-electron chi connectivity index (χ1n) is 4.89. The topological polar surface area (TPSA) is 81.3 Å². The normalized spacial score (nSPS) is 15.1. The lowest BCUT2D eigenvalue weighted by Gasteiger charge is -2.30. The highest BCUT2D eigenvalue weighted by atomic mass is 15.3. The molecule has 0 saturated heterocycles. The zero-order valence-electron chi connectivity index (χ0n) is 8.73. The van der Waals surface area contributed by atoms with Gasteiger partial charge < -0.3 is 17.2 Å². The number of unbranched alkanes of at least 4 members (excludes halogenated alkanes) is 1. The fourth-order valence-electron chi connectivity index (χ4n) is 1.21. The quantitative estimate of drug-likeness (QED) is 0.290. The van der Waals surface area contributed by atoms with E-state index in [-0.39, 0.29) is 12.3 Å². The smallest absolute Gasteiger partial charge is 0.0776 e. The molecule has 0 aromatic heterocycles. The Labute approximate surface area is 86.4 Å². The molecular weight excluding hydrogens is 176 g/mol. The number of hydrogen-bond acceptors (Lipinski definition) is 4. The Kier molecular flexibility index (Phi) is 7.32. The average molecular weight is 198 g/mol. The van der Waals surface area contributed by atoms with Crippen molar-refractivity contribution in [3.05, 3.63) is 25.3 Å². The second-order valence-electron chi connectivity index (χ2n) is 3.19. The van der Waals surface area contributed by atoms with Crippen molar-refractivity contribution in [2.75, 3.05) is 13.1 Å². The highest BCUT2D eigenvalue weighted by Gasteiger charge is 2.15. The zero-order chi connectivity index (χ0) is 11.0. The summed E-state index contributed by atoms with van der Waals surface area (Å²) in [5.41, 5.74) is 17.1. The van der Waals surface area contributed by atoms with Gasteiger partial charge in [-0.2, -0.15) is 0 Å². The van der Waals surface area contributed by atoms with Gasteiger partial charge >= 0.3 is 0 Å². The SMILES string of the molecule is C=CC(N)N(CCCCN)C(N)C=C. The van der Waals surface area contributed by atoms with E-state index in [1.165, 1.54) is 0 Å². The van der Waals surface area contributed by atoms with E-state index < -0.39 is 0 Å². The van der Waals surface area contributed by atoms with E-state index in [4.69, 9.17) is 17.2 Å². The van der Waals surface area contributed by atoms with Crippen LogP contribution in [0.2, 0.25) is 0 Å². The van der Waals surface area contributed by atoms with Gasteiger partial charge in [0.25, 0.3) is 0 Å². The molecular formula is C10H22N4. The summed E-state index contributed by atoms with van der Waals surface area (Å²) < 4.78 is 0. The maximum atomic E-state index is 5.82. The summed E-state index contributed by atoms with van der Waals surface area (Å²) in [6.45, 7) is 8.80. The number of hydrogen-bond donors (Lipinski definition) is 3. The van der Waals surface area contributed by atoms with Gasteiger partial charge in [0.05, 0.1) is 12.3 Å².